The number of benzene rings is 2. The number of halogens is 2. The van der Waals surface area contributed by atoms with Crippen LogP contribution in [0, 0.1) is 11.6 Å². The Hall–Kier alpha value is -2.33. The van der Waals surface area contributed by atoms with Crippen molar-refractivity contribution in [1.82, 2.24) is 0 Å². The minimum atomic E-state index is -1.04. The first-order chi connectivity index (χ1) is 10.2. The third-order valence-corrected chi connectivity index (χ3v) is 2.80. The zero-order chi connectivity index (χ0) is 15.1. The molecule has 0 N–H and O–H groups in total. The maximum atomic E-state index is 13.0. The topological polar surface area (TPSA) is 26.3 Å². The largest absolute Gasteiger partial charge is 0.369 e. The molecule has 0 aromatic heterocycles. The van der Waals surface area contributed by atoms with E-state index in [0.29, 0.717) is 0 Å². The number of ether oxygens (including phenoxy) is 1. The second kappa shape index (κ2) is 7.45. The number of Topliss-reactive ketones (excluding diaryl/α,β-unsaturated/α-hetero) is 1. The van der Waals surface area contributed by atoms with E-state index in [1.165, 1.54) is 6.07 Å². The summed E-state index contributed by atoms with van der Waals surface area (Å²) in [5.74, 6) is -2.40. The van der Waals surface area contributed by atoms with Gasteiger partial charge in [0, 0.05) is 5.56 Å². The second-order valence-electron chi connectivity index (χ2n) is 4.38. The lowest BCUT2D eigenvalue weighted by Gasteiger charge is -2.02. The molecule has 0 atom stereocenters. The molecule has 108 valence electrons. The predicted molar refractivity (Wildman–Crippen MR) is 77.0 cm³/mol. The maximum absolute atomic E-state index is 13.0. The molecule has 0 aliphatic heterocycles. The van der Waals surface area contributed by atoms with Crippen LogP contribution < -0.4 is 0 Å². The second-order valence-corrected chi connectivity index (χ2v) is 4.38. The van der Waals surface area contributed by atoms with Crippen LogP contribution in [0.3, 0.4) is 0 Å². The van der Waals surface area contributed by atoms with E-state index in [2.05, 4.69) is 0 Å². The van der Waals surface area contributed by atoms with E-state index < -0.39 is 11.6 Å². The smallest absolute Gasteiger partial charge is 0.188 e. The van der Waals surface area contributed by atoms with Gasteiger partial charge in [-0.2, -0.15) is 0 Å². The van der Waals surface area contributed by atoms with Crippen LogP contribution in [0.2, 0.25) is 0 Å². The van der Waals surface area contributed by atoms with Crippen LogP contribution in [0.1, 0.15) is 15.9 Å². The Balaban J connectivity index is 1.79. The first-order valence-corrected chi connectivity index (χ1v) is 6.44. The molecule has 21 heavy (non-hydrogen) atoms. The molecule has 4 heteroatoms. The highest BCUT2D eigenvalue weighted by Crippen LogP contribution is 2.09. The number of carbonyl (C=O) groups is 1. The molecule has 0 aliphatic rings. The summed E-state index contributed by atoms with van der Waals surface area (Å²) in [4.78, 5) is 11.7. The summed E-state index contributed by atoms with van der Waals surface area (Å²) in [6.45, 7) is 0.0918. The molecule has 2 rings (SSSR count). The fourth-order valence-electron chi connectivity index (χ4n) is 1.72. The summed E-state index contributed by atoms with van der Waals surface area (Å²) in [6.07, 6.45) is 3.66. The molecule has 2 nitrogen and oxygen atoms in total. The molecule has 0 heterocycles. The van der Waals surface area contributed by atoms with Crippen molar-refractivity contribution in [2.75, 3.05) is 13.2 Å². The maximum Gasteiger partial charge on any atom is 0.188 e. The van der Waals surface area contributed by atoms with Gasteiger partial charge in [-0.1, -0.05) is 42.5 Å². The van der Waals surface area contributed by atoms with Gasteiger partial charge in [-0.15, -0.1) is 0 Å². The molecular weight excluding hydrogens is 274 g/mol. The summed E-state index contributed by atoms with van der Waals surface area (Å²) in [6, 6.07) is 12.7. The molecule has 0 fully saturated rings. The number of carbonyl (C=O) groups excluding carboxylic acids is 1. The van der Waals surface area contributed by atoms with Crippen molar-refractivity contribution >= 4 is 11.9 Å². The van der Waals surface area contributed by atoms with Crippen LogP contribution in [0.4, 0.5) is 8.78 Å². The Morgan fingerprint density at radius 3 is 2.52 bits per heavy atom. The summed E-state index contributed by atoms with van der Waals surface area (Å²) in [7, 11) is 0. The van der Waals surface area contributed by atoms with Crippen LogP contribution in [0.5, 0.6) is 0 Å². The van der Waals surface area contributed by atoms with Crippen LogP contribution in [-0.2, 0) is 4.74 Å². The minimum absolute atomic E-state index is 0.0981. The first kappa shape index (κ1) is 15.1. The molecule has 0 aliphatic carbocycles. The molecule has 0 unspecified atom stereocenters. The van der Waals surface area contributed by atoms with Gasteiger partial charge in [0.1, 0.15) is 6.61 Å². The average Bonchev–Trinajstić information content (AvgIpc) is 2.50. The number of hydrogen-bond acceptors (Lipinski definition) is 2. The van der Waals surface area contributed by atoms with E-state index in [-0.39, 0.29) is 24.6 Å². The Bertz CT molecular complexity index is 636. The lowest BCUT2D eigenvalue weighted by atomic mass is 10.1. The number of rotatable bonds is 6. The monoisotopic (exact) mass is 288 g/mol. The fourth-order valence-corrected chi connectivity index (χ4v) is 1.72. The highest BCUT2D eigenvalue weighted by Gasteiger charge is 2.09. The molecule has 0 amide bonds. The predicted octanol–water partition coefficient (Wildman–Crippen LogP) is 3.88. The van der Waals surface area contributed by atoms with Gasteiger partial charge in [0.25, 0.3) is 0 Å². The van der Waals surface area contributed by atoms with Gasteiger partial charge in [0.2, 0.25) is 0 Å². The minimum Gasteiger partial charge on any atom is -0.369 e. The van der Waals surface area contributed by atoms with Gasteiger partial charge < -0.3 is 4.74 Å². The standard InChI is InChI=1S/C17H14F2O2/c18-15-9-8-14(11-16(15)19)17(20)12-21-10-4-7-13-5-2-1-3-6-13/h1-9,11H,10,12H2. The van der Waals surface area contributed by atoms with Crippen molar-refractivity contribution in [2.45, 2.75) is 0 Å². The summed E-state index contributed by atoms with van der Waals surface area (Å²) in [5.41, 5.74) is 1.13. The Morgan fingerprint density at radius 2 is 1.81 bits per heavy atom. The summed E-state index contributed by atoms with van der Waals surface area (Å²) in [5, 5.41) is 0. The van der Waals surface area contributed by atoms with Gasteiger partial charge in [-0.25, -0.2) is 8.78 Å². The lowest BCUT2D eigenvalue weighted by molar-refractivity contribution is 0.0806. The molecule has 0 saturated heterocycles. The van der Waals surface area contributed by atoms with Gasteiger partial charge in [-0.05, 0) is 23.8 Å². The SMILES string of the molecule is O=C(COCC=Cc1ccccc1)c1ccc(F)c(F)c1. The van der Waals surface area contributed by atoms with E-state index in [1.807, 2.05) is 36.4 Å². The van der Waals surface area contributed by atoms with Crippen molar-refractivity contribution in [1.29, 1.82) is 0 Å². The van der Waals surface area contributed by atoms with E-state index in [9.17, 15) is 13.6 Å². The zero-order valence-corrected chi connectivity index (χ0v) is 11.3. The fraction of sp³-hybridized carbons (Fsp3) is 0.118. The van der Waals surface area contributed by atoms with Crippen molar-refractivity contribution in [2.24, 2.45) is 0 Å². The van der Waals surface area contributed by atoms with Crippen molar-refractivity contribution in [3.63, 3.8) is 0 Å². The van der Waals surface area contributed by atoms with Crippen molar-refractivity contribution in [3.8, 4) is 0 Å². The van der Waals surface area contributed by atoms with Crippen molar-refractivity contribution < 1.29 is 18.3 Å². The van der Waals surface area contributed by atoms with E-state index in [4.69, 9.17) is 4.74 Å². The summed E-state index contributed by atoms with van der Waals surface area (Å²) >= 11 is 0. The average molecular weight is 288 g/mol. The molecule has 2 aromatic carbocycles. The normalized spacial score (nSPS) is 11.0. The third-order valence-electron chi connectivity index (χ3n) is 2.80. The van der Waals surface area contributed by atoms with Gasteiger partial charge in [-0.3, -0.25) is 4.79 Å². The van der Waals surface area contributed by atoms with Crippen LogP contribution >= 0.6 is 0 Å². The van der Waals surface area contributed by atoms with E-state index in [0.717, 1.165) is 17.7 Å². The van der Waals surface area contributed by atoms with Gasteiger partial charge in [0.05, 0.1) is 6.61 Å². The lowest BCUT2D eigenvalue weighted by Crippen LogP contribution is -2.09. The Labute approximate surface area is 121 Å². The molecular formula is C17H14F2O2. The highest BCUT2D eigenvalue weighted by atomic mass is 19.2. The quantitative estimate of drug-likeness (QED) is 0.595. The summed E-state index contributed by atoms with van der Waals surface area (Å²) < 4.78 is 30.9. The molecule has 0 saturated carbocycles. The Morgan fingerprint density at radius 1 is 1.05 bits per heavy atom. The molecule has 0 bridgehead atoms. The van der Waals surface area contributed by atoms with Gasteiger partial charge >= 0.3 is 0 Å². The van der Waals surface area contributed by atoms with Crippen LogP contribution in [0.15, 0.2) is 54.6 Å². The van der Waals surface area contributed by atoms with Crippen LogP contribution in [-0.4, -0.2) is 19.0 Å². The zero-order valence-electron chi connectivity index (χ0n) is 11.3. The van der Waals surface area contributed by atoms with Crippen LogP contribution in [0.25, 0.3) is 6.08 Å². The van der Waals surface area contributed by atoms with E-state index in [1.54, 1.807) is 6.08 Å². The molecule has 0 spiro atoms. The molecule has 2 aromatic rings. The Kier molecular flexibility index (Phi) is 5.35. The first-order valence-electron chi connectivity index (χ1n) is 6.44. The highest BCUT2D eigenvalue weighted by molar-refractivity contribution is 5.97. The molecule has 0 radical (unpaired) electrons. The van der Waals surface area contributed by atoms with Gasteiger partial charge in [0.15, 0.2) is 17.4 Å². The van der Waals surface area contributed by atoms with E-state index >= 15 is 0 Å². The number of hydrogen-bond donors (Lipinski definition) is 0. The third kappa shape index (κ3) is 4.61. The van der Waals surface area contributed by atoms with Crippen molar-refractivity contribution in [3.05, 3.63) is 77.4 Å². The number of ketones is 1.